The van der Waals surface area contributed by atoms with E-state index in [-0.39, 0.29) is 18.0 Å². The molecule has 2 atom stereocenters. The number of hydrogen-bond acceptors (Lipinski definition) is 2. The molecule has 88 valence electrons. The molecule has 0 aliphatic rings. The van der Waals surface area contributed by atoms with Gasteiger partial charge < -0.3 is 5.32 Å². The van der Waals surface area contributed by atoms with E-state index in [1.165, 1.54) is 0 Å². The molecule has 3 nitrogen and oxygen atoms in total. The van der Waals surface area contributed by atoms with E-state index in [0.29, 0.717) is 5.02 Å². The standard InChI is InChI=1S/C12H17ClN2O/c1-8(15-9(2)12(16)14-3)10-6-4-5-7-11(10)13/h4-9,15H,1-3H3,(H,14,16)/t8-,9?/m0/s1. The largest absolute Gasteiger partial charge is 0.358 e. The fourth-order valence-corrected chi connectivity index (χ4v) is 1.88. The van der Waals surface area contributed by atoms with Crippen molar-refractivity contribution in [3.63, 3.8) is 0 Å². The van der Waals surface area contributed by atoms with Crippen molar-refractivity contribution in [3.8, 4) is 0 Å². The first kappa shape index (κ1) is 13.0. The zero-order valence-electron chi connectivity index (χ0n) is 9.75. The summed E-state index contributed by atoms with van der Waals surface area (Å²) in [6, 6.07) is 7.43. The van der Waals surface area contributed by atoms with Gasteiger partial charge in [0.05, 0.1) is 6.04 Å². The molecule has 1 rings (SSSR count). The van der Waals surface area contributed by atoms with E-state index in [0.717, 1.165) is 5.56 Å². The predicted molar refractivity (Wildman–Crippen MR) is 66.5 cm³/mol. The topological polar surface area (TPSA) is 41.1 Å². The van der Waals surface area contributed by atoms with E-state index in [2.05, 4.69) is 10.6 Å². The van der Waals surface area contributed by atoms with Crippen LogP contribution in [-0.4, -0.2) is 19.0 Å². The van der Waals surface area contributed by atoms with Crippen LogP contribution in [0.2, 0.25) is 5.02 Å². The van der Waals surface area contributed by atoms with Crippen LogP contribution < -0.4 is 10.6 Å². The summed E-state index contributed by atoms with van der Waals surface area (Å²) in [6.45, 7) is 3.81. The summed E-state index contributed by atoms with van der Waals surface area (Å²) in [5.41, 5.74) is 1.000. The van der Waals surface area contributed by atoms with Crippen LogP contribution in [0.5, 0.6) is 0 Å². The Labute approximate surface area is 101 Å². The molecule has 0 radical (unpaired) electrons. The van der Waals surface area contributed by atoms with Crippen LogP contribution in [0.25, 0.3) is 0 Å². The number of rotatable bonds is 4. The molecular weight excluding hydrogens is 224 g/mol. The molecule has 1 aromatic rings. The maximum Gasteiger partial charge on any atom is 0.236 e. The molecule has 0 heterocycles. The summed E-state index contributed by atoms with van der Waals surface area (Å²) in [7, 11) is 1.63. The summed E-state index contributed by atoms with van der Waals surface area (Å²) in [6.07, 6.45) is 0. The van der Waals surface area contributed by atoms with Crippen LogP contribution in [0.4, 0.5) is 0 Å². The molecule has 1 unspecified atom stereocenters. The second-order valence-corrected chi connectivity index (χ2v) is 4.15. The Hall–Kier alpha value is -1.06. The molecule has 0 aromatic heterocycles. The molecule has 4 heteroatoms. The quantitative estimate of drug-likeness (QED) is 0.847. The summed E-state index contributed by atoms with van der Waals surface area (Å²) >= 11 is 6.08. The van der Waals surface area contributed by atoms with E-state index in [1.54, 1.807) is 7.05 Å². The third kappa shape index (κ3) is 3.22. The van der Waals surface area contributed by atoms with Crippen molar-refractivity contribution in [1.29, 1.82) is 0 Å². The zero-order valence-corrected chi connectivity index (χ0v) is 10.5. The second kappa shape index (κ2) is 5.87. The van der Waals surface area contributed by atoms with Crippen LogP contribution in [0, 0.1) is 0 Å². The van der Waals surface area contributed by atoms with Crippen molar-refractivity contribution in [2.75, 3.05) is 7.05 Å². The molecule has 0 saturated heterocycles. The highest BCUT2D eigenvalue weighted by molar-refractivity contribution is 6.31. The van der Waals surface area contributed by atoms with Crippen molar-refractivity contribution in [1.82, 2.24) is 10.6 Å². The highest BCUT2D eigenvalue weighted by Gasteiger charge is 2.16. The number of nitrogens with one attached hydrogen (secondary N) is 2. The van der Waals surface area contributed by atoms with Gasteiger partial charge in [0.2, 0.25) is 5.91 Å². The summed E-state index contributed by atoms with van der Waals surface area (Å²) in [4.78, 5) is 11.4. The van der Waals surface area contributed by atoms with Gasteiger partial charge in [0.25, 0.3) is 0 Å². The lowest BCUT2D eigenvalue weighted by atomic mass is 10.1. The number of likely N-dealkylation sites (N-methyl/N-ethyl adjacent to an activating group) is 1. The fraction of sp³-hybridized carbons (Fsp3) is 0.417. The number of carbonyl (C=O) groups is 1. The number of carbonyl (C=O) groups excluding carboxylic acids is 1. The van der Waals surface area contributed by atoms with Gasteiger partial charge in [-0.15, -0.1) is 0 Å². The van der Waals surface area contributed by atoms with Gasteiger partial charge in [-0.3, -0.25) is 10.1 Å². The minimum atomic E-state index is -0.240. The smallest absolute Gasteiger partial charge is 0.236 e. The molecule has 2 N–H and O–H groups in total. The Balaban J connectivity index is 2.69. The van der Waals surface area contributed by atoms with Crippen molar-refractivity contribution in [3.05, 3.63) is 34.9 Å². The van der Waals surface area contributed by atoms with Crippen molar-refractivity contribution < 1.29 is 4.79 Å². The highest BCUT2D eigenvalue weighted by atomic mass is 35.5. The first-order valence-corrected chi connectivity index (χ1v) is 5.66. The van der Waals surface area contributed by atoms with Gasteiger partial charge in [-0.25, -0.2) is 0 Å². The average Bonchev–Trinajstić information content (AvgIpc) is 2.28. The lowest BCUT2D eigenvalue weighted by Gasteiger charge is -2.20. The Morgan fingerprint density at radius 2 is 1.94 bits per heavy atom. The van der Waals surface area contributed by atoms with Gasteiger partial charge in [0.15, 0.2) is 0 Å². The van der Waals surface area contributed by atoms with E-state index < -0.39 is 0 Å². The van der Waals surface area contributed by atoms with Gasteiger partial charge in [-0.1, -0.05) is 29.8 Å². The number of halogens is 1. The summed E-state index contributed by atoms with van der Waals surface area (Å²) < 4.78 is 0. The SMILES string of the molecule is CNC(=O)C(C)N[C@@H](C)c1ccccc1Cl. The number of benzene rings is 1. The molecule has 0 spiro atoms. The van der Waals surface area contributed by atoms with Crippen LogP contribution in [0.15, 0.2) is 24.3 Å². The van der Waals surface area contributed by atoms with Crippen molar-refractivity contribution in [2.45, 2.75) is 25.9 Å². The molecule has 0 aliphatic carbocycles. The summed E-state index contributed by atoms with van der Waals surface area (Å²) in [5, 5.41) is 6.51. The average molecular weight is 241 g/mol. The normalized spacial score (nSPS) is 14.2. The van der Waals surface area contributed by atoms with Crippen LogP contribution in [-0.2, 0) is 4.79 Å². The first-order valence-electron chi connectivity index (χ1n) is 5.28. The molecule has 0 saturated carbocycles. The minimum absolute atomic E-state index is 0.0288. The Morgan fingerprint density at radius 3 is 2.50 bits per heavy atom. The minimum Gasteiger partial charge on any atom is -0.358 e. The summed E-state index contributed by atoms with van der Waals surface area (Å²) in [5.74, 6) is -0.0288. The molecular formula is C12H17ClN2O. The number of hydrogen-bond donors (Lipinski definition) is 2. The van der Waals surface area contributed by atoms with Crippen molar-refractivity contribution >= 4 is 17.5 Å². The molecule has 0 bridgehead atoms. The van der Waals surface area contributed by atoms with Gasteiger partial charge in [0, 0.05) is 18.1 Å². The highest BCUT2D eigenvalue weighted by Crippen LogP contribution is 2.22. The van der Waals surface area contributed by atoms with Crippen LogP contribution in [0.3, 0.4) is 0 Å². The molecule has 1 aromatic carbocycles. The van der Waals surface area contributed by atoms with E-state index in [9.17, 15) is 4.79 Å². The predicted octanol–water partition coefficient (Wildman–Crippen LogP) is 2.13. The van der Waals surface area contributed by atoms with Crippen LogP contribution >= 0.6 is 11.6 Å². The van der Waals surface area contributed by atoms with Crippen molar-refractivity contribution in [2.24, 2.45) is 0 Å². The van der Waals surface area contributed by atoms with Gasteiger partial charge in [-0.2, -0.15) is 0 Å². The number of amides is 1. The lowest BCUT2D eigenvalue weighted by molar-refractivity contribution is -0.122. The van der Waals surface area contributed by atoms with Gasteiger partial charge in [-0.05, 0) is 25.5 Å². The third-order valence-electron chi connectivity index (χ3n) is 2.51. The molecule has 0 fully saturated rings. The molecule has 0 aliphatic heterocycles. The molecule has 1 amide bonds. The maximum atomic E-state index is 11.4. The third-order valence-corrected chi connectivity index (χ3v) is 2.86. The maximum absolute atomic E-state index is 11.4. The first-order chi connectivity index (χ1) is 7.56. The second-order valence-electron chi connectivity index (χ2n) is 3.75. The Bertz CT molecular complexity index is 368. The Morgan fingerprint density at radius 1 is 1.31 bits per heavy atom. The van der Waals surface area contributed by atoms with E-state index >= 15 is 0 Å². The van der Waals surface area contributed by atoms with Gasteiger partial charge in [0.1, 0.15) is 0 Å². The van der Waals surface area contributed by atoms with E-state index in [4.69, 9.17) is 11.6 Å². The zero-order chi connectivity index (χ0) is 12.1. The Kier molecular flexibility index (Phi) is 4.77. The lowest BCUT2D eigenvalue weighted by Crippen LogP contribution is -2.41. The fourth-order valence-electron chi connectivity index (χ4n) is 1.58. The molecule has 16 heavy (non-hydrogen) atoms. The van der Waals surface area contributed by atoms with Gasteiger partial charge >= 0.3 is 0 Å². The monoisotopic (exact) mass is 240 g/mol. The van der Waals surface area contributed by atoms with Crippen LogP contribution in [0.1, 0.15) is 25.5 Å². The van der Waals surface area contributed by atoms with E-state index in [1.807, 2.05) is 38.1 Å².